The molecule has 0 heterocycles. The summed E-state index contributed by atoms with van der Waals surface area (Å²) in [5.74, 6) is 4.11. The molecule has 0 spiro atoms. The Morgan fingerprint density at radius 1 is 1.21 bits per heavy atom. The standard InChI is InChI=1S/C12H14O2/c1-4-5-6-10-7-8-11(13-2)12(9-10)14-3/h1,7-9H,5-6H2,2-3H3. The molecule has 0 bridgehead atoms. The summed E-state index contributed by atoms with van der Waals surface area (Å²) in [4.78, 5) is 0. The van der Waals surface area contributed by atoms with E-state index in [1.54, 1.807) is 14.2 Å². The van der Waals surface area contributed by atoms with E-state index in [1.165, 1.54) is 5.56 Å². The van der Waals surface area contributed by atoms with Crippen LogP contribution in [0.15, 0.2) is 18.2 Å². The Balaban J connectivity index is 2.85. The molecule has 1 aromatic carbocycles. The van der Waals surface area contributed by atoms with E-state index in [1.807, 2.05) is 18.2 Å². The Bertz CT molecular complexity index is 337. The highest BCUT2D eigenvalue weighted by atomic mass is 16.5. The van der Waals surface area contributed by atoms with Crippen LogP contribution in [-0.4, -0.2) is 14.2 Å². The van der Waals surface area contributed by atoms with Crippen molar-refractivity contribution in [3.05, 3.63) is 23.8 Å². The van der Waals surface area contributed by atoms with Crippen molar-refractivity contribution in [3.8, 4) is 23.8 Å². The molecule has 1 aromatic rings. The Morgan fingerprint density at radius 3 is 2.50 bits per heavy atom. The van der Waals surface area contributed by atoms with Gasteiger partial charge in [-0.3, -0.25) is 0 Å². The van der Waals surface area contributed by atoms with Crippen LogP contribution in [0.4, 0.5) is 0 Å². The minimum atomic E-state index is 0.746. The number of hydrogen-bond donors (Lipinski definition) is 0. The smallest absolute Gasteiger partial charge is 0.160 e. The predicted octanol–water partition coefficient (Wildman–Crippen LogP) is 2.27. The van der Waals surface area contributed by atoms with Crippen LogP contribution in [-0.2, 0) is 6.42 Å². The van der Waals surface area contributed by atoms with Gasteiger partial charge in [-0.2, -0.15) is 0 Å². The lowest BCUT2D eigenvalue weighted by atomic mass is 10.1. The number of rotatable bonds is 4. The van der Waals surface area contributed by atoms with Gasteiger partial charge in [0.1, 0.15) is 0 Å². The SMILES string of the molecule is C#CCCc1ccc(OC)c(OC)c1. The molecule has 2 nitrogen and oxygen atoms in total. The van der Waals surface area contributed by atoms with Crippen LogP contribution in [0, 0.1) is 12.3 Å². The molecule has 0 fully saturated rings. The third-order valence-corrected chi connectivity index (χ3v) is 2.01. The van der Waals surface area contributed by atoms with Gasteiger partial charge in [-0.25, -0.2) is 0 Å². The summed E-state index contributed by atoms with van der Waals surface area (Å²) < 4.78 is 10.3. The maximum absolute atomic E-state index is 5.20. The van der Waals surface area contributed by atoms with Gasteiger partial charge < -0.3 is 9.47 Å². The predicted molar refractivity (Wildman–Crippen MR) is 56.7 cm³/mol. The first kappa shape index (κ1) is 10.5. The molecular weight excluding hydrogens is 176 g/mol. The van der Waals surface area contributed by atoms with E-state index in [2.05, 4.69) is 5.92 Å². The molecule has 1 rings (SSSR count). The summed E-state index contributed by atoms with van der Waals surface area (Å²) in [5.41, 5.74) is 1.17. The van der Waals surface area contributed by atoms with Gasteiger partial charge in [-0.1, -0.05) is 6.07 Å². The van der Waals surface area contributed by atoms with Crippen molar-refractivity contribution in [1.82, 2.24) is 0 Å². The van der Waals surface area contributed by atoms with Crippen molar-refractivity contribution >= 4 is 0 Å². The van der Waals surface area contributed by atoms with Crippen molar-refractivity contribution < 1.29 is 9.47 Å². The number of methoxy groups -OCH3 is 2. The van der Waals surface area contributed by atoms with E-state index in [0.717, 1.165) is 24.3 Å². The highest BCUT2D eigenvalue weighted by molar-refractivity contribution is 5.42. The van der Waals surface area contributed by atoms with Crippen LogP contribution < -0.4 is 9.47 Å². The molecule has 2 heteroatoms. The summed E-state index contributed by atoms with van der Waals surface area (Å²) in [7, 11) is 3.25. The number of benzene rings is 1. The average Bonchev–Trinajstić information content (AvgIpc) is 2.25. The van der Waals surface area contributed by atoms with Gasteiger partial charge in [-0.15, -0.1) is 12.3 Å². The van der Waals surface area contributed by atoms with Crippen molar-refractivity contribution in [1.29, 1.82) is 0 Å². The Hall–Kier alpha value is -1.62. The highest BCUT2D eigenvalue weighted by Gasteiger charge is 2.03. The first-order chi connectivity index (χ1) is 6.81. The zero-order chi connectivity index (χ0) is 10.4. The molecule has 14 heavy (non-hydrogen) atoms. The Kier molecular flexibility index (Phi) is 3.87. The molecule has 0 aromatic heterocycles. The maximum Gasteiger partial charge on any atom is 0.160 e. The lowest BCUT2D eigenvalue weighted by Gasteiger charge is -2.08. The summed E-state index contributed by atoms with van der Waals surface area (Å²) in [5, 5.41) is 0. The molecule has 0 saturated heterocycles. The van der Waals surface area contributed by atoms with Gasteiger partial charge in [0.2, 0.25) is 0 Å². The minimum Gasteiger partial charge on any atom is -0.493 e. The van der Waals surface area contributed by atoms with Crippen LogP contribution in [0.25, 0.3) is 0 Å². The molecule has 0 amide bonds. The third-order valence-electron chi connectivity index (χ3n) is 2.01. The third kappa shape index (κ3) is 2.43. The van der Waals surface area contributed by atoms with Crippen molar-refractivity contribution in [2.24, 2.45) is 0 Å². The normalized spacial score (nSPS) is 9.21. The molecule has 0 saturated carbocycles. The second-order valence-electron chi connectivity index (χ2n) is 2.89. The lowest BCUT2D eigenvalue weighted by Crippen LogP contribution is -1.92. The molecule has 0 radical (unpaired) electrons. The van der Waals surface area contributed by atoms with E-state index in [0.29, 0.717) is 0 Å². The van der Waals surface area contributed by atoms with Crippen molar-refractivity contribution in [2.75, 3.05) is 14.2 Å². The van der Waals surface area contributed by atoms with Gasteiger partial charge in [0.15, 0.2) is 11.5 Å². The summed E-state index contributed by atoms with van der Waals surface area (Å²) in [6.45, 7) is 0. The van der Waals surface area contributed by atoms with E-state index < -0.39 is 0 Å². The van der Waals surface area contributed by atoms with Crippen LogP contribution in [0.5, 0.6) is 11.5 Å². The first-order valence-corrected chi connectivity index (χ1v) is 4.46. The number of ether oxygens (including phenoxy) is 2. The fraction of sp³-hybridized carbons (Fsp3) is 0.333. The zero-order valence-electron chi connectivity index (χ0n) is 8.54. The zero-order valence-corrected chi connectivity index (χ0v) is 8.54. The van der Waals surface area contributed by atoms with Gasteiger partial charge in [0, 0.05) is 6.42 Å². The molecular formula is C12H14O2. The first-order valence-electron chi connectivity index (χ1n) is 4.46. The van der Waals surface area contributed by atoms with Gasteiger partial charge >= 0.3 is 0 Å². The van der Waals surface area contributed by atoms with Crippen LogP contribution in [0.1, 0.15) is 12.0 Å². The largest absolute Gasteiger partial charge is 0.493 e. The molecule has 0 aliphatic heterocycles. The highest BCUT2D eigenvalue weighted by Crippen LogP contribution is 2.27. The number of terminal acetylenes is 1. The molecule has 0 N–H and O–H groups in total. The fourth-order valence-corrected chi connectivity index (χ4v) is 1.25. The second-order valence-corrected chi connectivity index (χ2v) is 2.89. The van der Waals surface area contributed by atoms with Gasteiger partial charge in [0.05, 0.1) is 14.2 Å². The van der Waals surface area contributed by atoms with E-state index in [9.17, 15) is 0 Å². The van der Waals surface area contributed by atoms with E-state index in [-0.39, 0.29) is 0 Å². The van der Waals surface area contributed by atoms with Crippen molar-refractivity contribution in [3.63, 3.8) is 0 Å². The minimum absolute atomic E-state index is 0.746. The van der Waals surface area contributed by atoms with Crippen molar-refractivity contribution in [2.45, 2.75) is 12.8 Å². The van der Waals surface area contributed by atoms with E-state index in [4.69, 9.17) is 15.9 Å². The Labute approximate surface area is 84.8 Å². The fourth-order valence-electron chi connectivity index (χ4n) is 1.25. The summed E-state index contributed by atoms with van der Waals surface area (Å²) in [6, 6.07) is 5.85. The van der Waals surface area contributed by atoms with Gasteiger partial charge in [-0.05, 0) is 24.1 Å². The van der Waals surface area contributed by atoms with Gasteiger partial charge in [0.25, 0.3) is 0 Å². The van der Waals surface area contributed by atoms with Crippen LogP contribution in [0.3, 0.4) is 0 Å². The number of aryl methyl sites for hydroxylation is 1. The second kappa shape index (κ2) is 5.18. The lowest BCUT2D eigenvalue weighted by molar-refractivity contribution is 0.354. The maximum atomic E-state index is 5.20. The monoisotopic (exact) mass is 190 g/mol. The Morgan fingerprint density at radius 2 is 1.93 bits per heavy atom. The van der Waals surface area contributed by atoms with Crippen LogP contribution in [0.2, 0.25) is 0 Å². The average molecular weight is 190 g/mol. The summed E-state index contributed by atoms with van der Waals surface area (Å²) >= 11 is 0. The molecule has 0 unspecified atom stereocenters. The van der Waals surface area contributed by atoms with E-state index >= 15 is 0 Å². The molecule has 0 aliphatic carbocycles. The van der Waals surface area contributed by atoms with Crippen LogP contribution >= 0.6 is 0 Å². The summed E-state index contributed by atoms with van der Waals surface area (Å²) in [6.07, 6.45) is 6.81. The molecule has 74 valence electrons. The molecule has 0 atom stereocenters. The number of hydrogen-bond acceptors (Lipinski definition) is 2. The quantitative estimate of drug-likeness (QED) is 0.678. The molecule has 0 aliphatic rings. The topological polar surface area (TPSA) is 18.5 Å².